The van der Waals surface area contributed by atoms with Crippen LogP contribution in [-0.2, 0) is 6.54 Å². The number of nitrogens with zero attached hydrogens (tertiary/aromatic N) is 2. The molecule has 1 aliphatic rings. The van der Waals surface area contributed by atoms with Crippen LogP contribution >= 0.6 is 0 Å². The molecule has 1 aromatic heterocycles. The summed E-state index contributed by atoms with van der Waals surface area (Å²) in [4.78, 5) is 2.36. The second-order valence-electron chi connectivity index (χ2n) is 7.08. The van der Waals surface area contributed by atoms with Crippen LogP contribution in [0.5, 0.6) is 0 Å². The molecule has 1 aliphatic carbocycles. The van der Waals surface area contributed by atoms with Gasteiger partial charge in [0.05, 0.1) is 5.69 Å². The van der Waals surface area contributed by atoms with E-state index in [1.165, 1.54) is 36.9 Å². The second-order valence-corrected chi connectivity index (χ2v) is 7.08. The quantitative estimate of drug-likeness (QED) is 0.841. The smallest absolute Gasteiger partial charge is 0.0697 e. The molecule has 0 atom stereocenters. The molecule has 2 rings (SSSR count). The molecule has 0 radical (unpaired) electrons. The SMILES string of the molecule is CNCCN(C)Cc1c[nH]nc1C1CCC(C)(C)CC1. The van der Waals surface area contributed by atoms with Gasteiger partial charge in [0.2, 0.25) is 0 Å². The van der Waals surface area contributed by atoms with Crippen molar-refractivity contribution in [3.63, 3.8) is 0 Å². The lowest BCUT2D eigenvalue weighted by atomic mass is 9.72. The van der Waals surface area contributed by atoms with Crippen LogP contribution in [0, 0.1) is 5.41 Å². The summed E-state index contributed by atoms with van der Waals surface area (Å²) in [6, 6.07) is 0. The first-order chi connectivity index (χ1) is 9.52. The van der Waals surface area contributed by atoms with Crippen molar-refractivity contribution in [3.8, 4) is 0 Å². The van der Waals surface area contributed by atoms with Crippen LogP contribution in [0.15, 0.2) is 6.20 Å². The van der Waals surface area contributed by atoms with Gasteiger partial charge in [-0.25, -0.2) is 0 Å². The molecule has 2 N–H and O–H groups in total. The Morgan fingerprint density at radius 3 is 2.75 bits per heavy atom. The van der Waals surface area contributed by atoms with E-state index in [1.807, 2.05) is 7.05 Å². The van der Waals surface area contributed by atoms with Gasteiger partial charge in [-0.15, -0.1) is 0 Å². The molecule has 4 nitrogen and oxygen atoms in total. The zero-order valence-corrected chi connectivity index (χ0v) is 13.5. The number of H-pyrrole nitrogens is 1. The van der Waals surface area contributed by atoms with Crippen molar-refractivity contribution in [3.05, 3.63) is 17.5 Å². The van der Waals surface area contributed by atoms with E-state index in [1.54, 1.807) is 0 Å². The lowest BCUT2D eigenvalue weighted by Gasteiger charge is -2.34. The number of aromatic amines is 1. The lowest BCUT2D eigenvalue weighted by molar-refractivity contribution is 0.221. The Kier molecular flexibility index (Phi) is 5.22. The molecule has 0 spiro atoms. The number of hydrogen-bond donors (Lipinski definition) is 2. The van der Waals surface area contributed by atoms with Crippen molar-refractivity contribution in [1.82, 2.24) is 20.4 Å². The van der Waals surface area contributed by atoms with Gasteiger partial charge in [0, 0.05) is 37.3 Å². The minimum Gasteiger partial charge on any atom is -0.318 e. The molecular formula is C16H30N4. The standard InChI is InChI=1S/C16H30N4/c1-16(2)7-5-13(6-8-16)15-14(11-18-19-15)12-20(4)10-9-17-3/h11,13,17H,5-10,12H2,1-4H3,(H,18,19). The van der Waals surface area contributed by atoms with Gasteiger partial charge in [-0.2, -0.15) is 5.10 Å². The summed E-state index contributed by atoms with van der Waals surface area (Å²) in [6.45, 7) is 7.87. The molecule has 4 heteroatoms. The summed E-state index contributed by atoms with van der Waals surface area (Å²) < 4.78 is 0. The Bertz CT molecular complexity index is 400. The first kappa shape index (κ1) is 15.5. The summed E-state index contributed by atoms with van der Waals surface area (Å²) in [5.74, 6) is 0.655. The highest BCUT2D eigenvalue weighted by Gasteiger charge is 2.29. The van der Waals surface area contributed by atoms with Gasteiger partial charge >= 0.3 is 0 Å². The van der Waals surface area contributed by atoms with E-state index in [4.69, 9.17) is 0 Å². The minimum absolute atomic E-state index is 0.524. The maximum absolute atomic E-state index is 4.55. The van der Waals surface area contributed by atoms with Crippen molar-refractivity contribution < 1.29 is 0 Å². The third-order valence-electron chi connectivity index (χ3n) is 4.66. The Morgan fingerprint density at radius 1 is 1.40 bits per heavy atom. The first-order valence-electron chi connectivity index (χ1n) is 7.87. The molecule has 0 saturated heterocycles. The number of aromatic nitrogens is 2. The van der Waals surface area contributed by atoms with Gasteiger partial charge in [0.1, 0.15) is 0 Å². The Balaban J connectivity index is 1.95. The largest absolute Gasteiger partial charge is 0.318 e. The summed E-state index contributed by atoms with van der Waals surface area (Å²) in [6.07, 6.45) is 7.29. The minimum atomic E-state index is 0.524. The van der Waals surface area contributed by atoms with E-state index in [0.29, 0.717) is 11.3 Å². The van der Waals surface area contributed by atoms with Crippen molar-refractivity contribution in [2.45, 2.75) is 52.0 Å². The molecule has 1 aromatic rings. The normalized spacial score (nSPS) is 19.6. The van der Waals surface area contributed by atoms with Crippen LogP contribution in [0.2, 0.25) is 0 Å². The van der Waals surface area contributed by atoms with Crippen molar-refractivity contribution in [2.75, 3.05) is 27.2 Å². The van der Waals surface area contributed by atoms with Crippen LogP contribution < -0.4 is 5.32 Å². The molecule has 0 unspecified atom stereocenters. The van der Waals surface area contributed by atoms with Crippen molar-refractivity contribution >= 4 is 0 Å². The number of hydrogen-bond acceptors (Lipinski definition) is 3. The summed E-state index contributed by atoms with van der Waals surface area (Å²) in [5, 5.41) is 10.8. The monoisotopic (exact) mass is 278 g/mol. The van der Waals surface area contributed by atoms with E-state index in [9.17, 15) is 0 Å². The van der Waals surface area contributed by atoms with E-state index in [2.05, 4.69) is 47.5 Å². The van der Waals surface area contributed by atoms with Crippen LogP contribution in [0.25, 0.3) is 0 Å². The van der Waals surface area contributed by atoms with Gasteiger partial charge in [-0.3, -0.25) is 5.10 Å². The van der Waals surface area contributed by atoms with Crippen LogP contribution in [0.1, 0.15) is 56.7 Å². The van der Waals surface area contributed by atoms with E-state index in [-0.39, 0.29) is 0 Å². The molecule has 0 aliphatic heterocycles. The van der Waals surface area contributed by atoms with Gasteiger partial charge in [0.15, 0.2) is 0 Å². The highest BCUT2D eigenvalue weighted by Crippen LogP contribution is 2.42. The summed E-state index contributed by atoms with van der Waals surface area (Å²) in [5.41, 5.74) is 3.22. The zero-order chi connectivity index (χ0) is 14.6. The molecule has 20 heavy (non-hydrogen) atoms. The van der Waals surface area contributed by atoms with Crippen molar-refractivity contribution in [1.29, 1.82) is 0 Å². The molecule has 1 saturated carbocycles. The molecule has 0 amide bonds. The number of rotatable bonds is 6. The van der Waals surface area contributed by atoms with Gasteiger partial charge in [-0.05, 0) is 45.2 Å². The van der Waals surface area contributed by atoms with Gasteiger partial charge in [0.25, 0.3) is 0 Å². The lowest BCUT2D eigenvalue weighted by Crippen LogP contribution is -2.27. The summed E-state index contributed by atoms with van der Waals surface area (Å²) in [7, 11) is 4.18. The third-order valence-corrected chi connectivity index (χ3v) is 4.66. The Morgan fingerprint density at radius 2 is 2.10 bits per heavy atom. The second kappa shape index (κ2) is 6.72. The predicted octanol–water partition coefficient (Wildman–Crippen LogP) is 2.74. The Hall–Kier alpha value is -0.870. The molecule has 0 aromatic carbocycles. The highest BCUT2D eigenvalue weighted by atomic mass is 15.1. The predicted molar refractivity (Wildman–Crippen MR) is 83.8 cm³/mol. The molecule has 1 heterocycles. The van der Waals surface area contributed by atoms with E-state index < -0.39 is 0 Å². The van der Waals surface area contributed by atoms with Crippen LogP contribution in [0.4, 0.5) is 0 Å². The molecule has 0 bridgehead atoms. The topological polar surface area (TPSA) is 44.0 Å². The van der Waals surface area contributed by atoms with E-state index >= 15 is 0 Å². The number of nitrogens with one attached hydrogen (secondary N) is 2. The molecule has 114 valence electrons. The van der Waals surface area contributed by atoms with Gasteiger partial charge < -0.3 is 10.2 Å². The summed E-state index contributed by atoms with van der Waals surface area (Å²) >= 11 is 0. The fourth-order valence-electron chi connectivity index (χ4n) is 3.15. The maximum Gasteiger partial charge on any atom is 0.0697 e. The maximum atomic E-state index is 4.55. The Labute approximate surface area is 123 Å². The molecular weight excluding hydrogens is 248 g/mol. The van der Waals surface area contributed by atoms with Crippen LogP contribution in [0.3, 0.4) is 0 Å². The average Bonchev–Trinajstić information content (AvgIpc) is 2.84. The fourth-order valence-corrected chi connectivity index (χ4v) is 3.15. The van der Waals surface area contributed by atoms with E-state index in [0.717, 1.165) is 19.6 Å². The first-order valence-corrected chi connectivity index (χ1v) is 7.87. The average molecular weight is 278 g/mol. The van der Waals surface area contributed by atoms with Crippen LogP contribution in [-0.4, -0.2) is 42.3 Å². The zero-order valence-electron chi connectivity index (χ0n) is 13.5. The van der Waals surface area contributed by atoms with Gasteiger partial charge in [-0.1, -0.05) is 13.8 Å². The number of likely N-dealkylation sites (N-methyl/N-ethyl adjacent to an activating group) is 2. The fraction of sp³-hybridized carbons (Fsp3) is 0.812. The third kappa shape index (κ3) is 4.06. The highest BCUT2D eigenvalue weighted by molar-refractivity contribution is 5.21. The molecule has 1 fully saturated rings. The van der Waals surface area contributed by atoms with Crippen molar-refractivity contribution in [2.24, 2.45) is 5.41 Å².